The second kappa shape index (κ2) is 18.6. The van der Waals surface area contributed by atoms with Crippen molar-refractivity contribution in [2.75, 3.05) is 0 Å². The summed E-state index contributed by atoms with van der Waals surface area (Å²) in [7, 11) is 0. The summed E-state index contributed by atoms with van der Waals surface area (Å²) >= 11 is 0. The summed E-state index contributed by atoms with van der Waals surface area (Å²) < 4.78 is 0. The van der Waals surface area contributed by atoms with Gasteiger partial charge in [-0.15, -0.1) is 0 Å². The maximum atomic E-state index is 0. The first-order chi connectivity index (χ1) is 0. The molecule has 0 radical (unpaired) electrons. The maximum absolute atomic E-state index is 0. The van der Waals surface area contributed by atoms with Gasteiger partial charge in [-0.05, 0) is 0 Å². The van der Waals surface area contributed by atoms with Gasteiger partial charge in [-0.25, -0.2) is 0 Å². The molecule has 0 saturated heterocycles. The Kier molecular flexibility index (Phi) is 157. The van der Waals surface area contributed by atoms with Crippen LogP contribution in [0.3, 0.4) is 0 Å². The van der Waals surface area contributed by atoms with Crippen LogP contribution in [0.5, 0.6) is 0 Å². The van der Waals surface area contributed by atoms with Gasteiger partial charge in [-0.3, -0.25) is 0 Å². The van der Waals surface area contributed by atoms with Crippen molar-refractivity contribution in [1.29, 1.82) is 0 Å². The van der Waals surface area contributed by atoms with E-state index in [1.165, 1.54) is 0 Å². The summed E-state index contributed by atoms with van der Waals surface area (Å²) in [5.74, 6) is 0. The van der Waals surface area contributed by atoms with Crippen LogP contribution >= 0.6 is 0 Å². The predicted octanol–water partition coefficient (Wildman–Crippen LogP) is -1.19. The van der Waals surface area contributed by atoms with Crippen LogP contribution in [0.15, 0.2) is 0 Å². The molecule has 0 N–H and O–H groups in total. The minimum Gasteiger partial charge on any atom is 0 e. The van der Waals surface area contributed by atoms with Crippen molar-refractivity contribution in [2.24, 2.45) is 0 Å². The summed E-state index contributed by atoms with van der Waals surface area (Å²) in [6, 6.07) is 0. The SMILES string of the molecule is [AlH3].[Cr].[Fe].[W]. The van der Waals surface area contributed by atoms with E-state index in [4.69, 9.17) is 0 Å². The molecule has 4 heavy (non-hydrogen) atoms. The zero-order chi connectivity index (χ0) is 0. The summed E-state index contributed by atoms with van der Waals surface area (Å²) in [6.45, 7) is 0. The van der Waals surface area contributed by atoms with E-state index < -0.39 is 0 Å². The van der Waals surface area contributed by atoms with E-state index in [2.05, 4.69) is 0 Å². The normalized spacial score (nSPS) is 0. The molecule has 0 aliphatic carbocycles. The molecular formula is H3AlCrFeW. The largest absolute Gasteiger partial charge is 0.187 e. The zero-order valence-electron chi connectivity index (χ0n) is 1.17. The number of hydrogen-bond donors (Lipinski definition) is 0. The van der Waals surface area contributed by atoms with E-state index in [0.29, 0.717) is 0 Å². The van der Waals surface area contributed by atoms with E-state index >= 15 is 0 Å². The standard InChI is InChI=1S/Al.Cr.Fe.W.3H. The van der Waals surface area contributed by atoms with Crippen LogP contribution in [0.2, 0.25) is 0 Å². The minimum atomic E-state index is 0. The third-order valence-electron chi connectivity index (χ3n) is 0. The van der Waals surface area contributed by atoms with Crippen molar-refractivity contribution in [1.82, 2.24) is 0 Å². The molecule has 0 fully saturated rings. The summed E-state index contributed by atoms with van der Waals surface area (Å²) in [6.07, 6.45) is 0. The average Bonchev–Trinajstić information content (AvgIpc) is 0. The molecule has 0 unspecified atom stereocenters. The average molecular weight is 322 g/mol. The van der Waals surface area contributed by atoms with Gasteiger partial charge in [0, 0.05) is 55.5 Å². The number of rotatable bonds is 0. The quantitative estimate of drug-likeness (QED) is 0.492. The topological polar surface area (TPSA) is 0 Å². The third kappa shape index (κ3) is 8.86. The van der Waals surface area contributed by atoms with Crippen LogP contribution in [0.25, 0.3) is 0 Å². The van der Waals surface area contributed by atoms with E-state index in [1.54, 1.807) is 0 Å². The molecule has 0 bridgehead atoms. The molecule has 0 aromatic rings. The fourth-order valence-corrected chi connectivity index (χ4v) is 0. The van der Waals surface area contributed by atoms with Crippen LogP contribution in [0.1, 0.15) is 0 Å². The van der Waals surface area contributed by atoms with E-state index in [0.717, 1.165) is 0 Å². The summed E-state index contributed by atoms with van der Waals surface area (Å²) in [5, 5.41) is 0. The van der Waals surface area contributed by atoms with Crippen molar-refractivity contribution in [2.45, 2.75) is 0 Å². The van der Waals surface area contributed by atoms with Gasteiger partial charge in [-0.1, -0.05) is 0 Å². The molecule has 26 valence electrons. The van der Waals surface area contributed by atoms with Gasteiger partial charge in [0.05, 0.1) is 0 Å². The molecule has 0 atom stereocenters. The van der Waals surface area contributed by atoms with Gasteiger partial charge in [0.15, 0.2) is 17.4 Å². The van der Waals surface area contributed by atoms with Crippen molar-refractivity contribution in [3.8, 4) is 0 Å². The van der Waals surface area contributed by atoms with Gasteiger partial charge >= 0.3 is 0 Å². The molecule has 0 rings (SSSR count). The van der Waals surface area contributed by atoms with Gasteiger partial charge in [0.1, 0.15) is 0 Å². The van der Waals surface area contributed by atoms with Crippen LogP contribution in [-0.2, 0) is 55.5 Å². The molecule has 0 heterocycles. The number of hydrogen-bond acceptors (Lipinski definition) is 0. The third-order valence-corrected chi connectivity index (χ3v) is 0. The van der Waals surface area contributed by atoms with Crippen LogP contribution < -0.4 is 0 Å². The first-order valence-corrected chi connectivity index (χ1v) is 0. The Morgan fingerprint density at radius 1 is 1.00 bits per heavy atom. The first-order valence-electron chi connectivity index (χ1n) is 0. The Morgan fingerprint density at radius 3 is 1.00 bits per heavy atom. The Labute approximate surface area is 72.1 Å². The maximum Gasteiger partial charge on any atom is 0.187 e. The van der Waals surface area contributed by atoms with Crippen molar-refractivity contribution < 1.29 is 55.5 Å². The molecule has 0 aliphatic heterocycles. The first kappa shape index (κ1) is 33.8. The zero-order valence-corrected chi connectivity index (χ0v) is 6.48. The van der Waals surface area contributed by atoms with E-state index in [-0.39, 0.29) is 72.9 Å². The molecule has 0 amide bonds. The minimum absolute atomic E-state index is 0. The van der Waals surface area contributed by atoms with Gasteiger partial charge in [0.2, 0.25) is 0 Å². The van der Waals surface area contributed by atoms with Crippen molar-refractivity contribution >= 4 is 17.4 Å². The molecule has 0 spiro atoms. The van der Waals surface area contributed by atoms with Crippen LogP contribution in [-0.4, -0.2) is 17.4 Å². The van der Waals surface area contributed by atoms with Gasteiger partial charge < -0.3 is 0 Å². The second-order valence-corrected chi connectivity index (χ2v) is 0. The molecular weight excluding hydrogens is 319 g/mol. The Hall–Kier alpha value is 2.27. The molecule has 0 aromatic carbocycles. The summed E-state index contributed by atoms with van der Waals surface area (Å²) in [4.78, 5) is 0. The van der Waals surface area contributed by atoms with Crippen molar-refractivity contribution in [3.05, 3.63) is 0 Å². The smallest absolute Gasteiger partial charge is 0 e. The Bertz CT molecular complexity index is 8.00. The Balaban J connectivity index is 0. The molecule has 0 nitrogen and oxygen atoms in total. The fraction of sp³-hybridized carbons (Fsp3) is 0. The van der Waals surface area contributed by atoms with Gasteiger partial charge in [-0.2, -0.15) is 0 Å². The van der Waals surface area contributed by atoms with Crippen LogP contribution in [0.4, 0.5) is 0 Å². The van der Waals surface area contributed by atoms with E-state index in [1.807, 2.05) is 0 Å². The van der Waals surface area contributed by atoms with Crippen molar-refractivity contribution in [3.63, 3.8) is 0 Å². The monoisotopic (exact) mass is 322 g/mol. The molecule has 0 saturated carbocycles. The fourth-order valence-electron chi connectivity index (χ4n) is 0. The second-order valence-electron chi connectivity index (χ2n) is 0. The van der Waals surface area contributed by atoms with Crippen LogP contribution in [0, 0.1) is 0 Å². The van der Waals surface area contributed by atoms with Gasteiger partial charge in [0.25, 0.3) is 0 Å². The van der Waals surface area contributed by atoms with E-state index in [9.17, 15) is 0 Å². The molecule has 0 aliphatic rings. The summed E-state index contributed by atoms with van der Waals surface area (Å²) in [5.41, 5.74) is 0. The Morgan fingerprint density at radius 2 is 1.00 bits per heavy atom. The molecule has 4 heteroatoms. The molecule has 0 aromatic heterocycles. The predicted molar refractivity (Wildman–Crippen MR) is 9.94 cm³/mol.